The summed E-state index contributed by atoms with van der Waals surface area (Å²) >= 11 is 3.38. The van der Waals surface area contributed by atoms with E-state index < -0.39 is 28.4 Å². The Morgan fingerprint density at radius 1 is 1.17 bits per heavy atom. The SMILES string of the molecule is CCOC(=O)c1c(S(=O)(=O)NCC(=O)Nc2ccc(Br)c(C)c2)c(C)n(C)c1C. The second kappa shape index (κ2) is 9.10. The number of carbonyl (C=O) groups is 2. The lowest BCUT2D eigenvalue weighted by Gasteiger charge is -2.10. The Morgan fingerprint density at radius 3 is 2.41 bits per heavy atom. The van der Waals surface area contributed by atoms with Crippen LogP contribution in [0.3, 0.4) is 0 Å². The number of aryl methyl sites for hydroxylation is 1. The zero-order valence-electron chi connectivity index (χ0n) is 16.9. The number of rotatable bonds is 7. The van der Waals surface area contributed by atoms with Crippen molar-refractivity contribution >= 4 is 43.5 Å². The molecule has 0 aliphatic rings. The minimum Gasteiger partial charge on any atom is -0.462 e. The summed E-state index contributed by atoms with van der Waals surface area (Å²) in [6, 6.07) is 5.25. The average molecular weight is 486 g/mol. The van der Waals surface area contributed by atoms with Crippen LogP contribution in [-0.4, -0.2) is 38.0 Å². The minimum absolute atomic E-state index is 0.0247. The van der Waals surface area contributed by atoms with Gasteiger partial charge in [-0.05, 0) is 51.5 Å². The summed E-state index contributed by atoms with van der Waals surface area (Å²) in [6.07, 6.45) is 0. The first-order chi connectivity index (χ1) is 13.5. The number of nitrogens with zero attached hydrogens (tertiary/aromatic N) is 1. The Kier molecular flexibility index (Phi) is 7.25. The van der Waals surface area contributed by atoms with Crippen LogP contribution in [0.25, 0.3) is 0 Å². The number of aromatic nitrogens is 1. The van der Waals surface area contributed by atoms with Gasteiger partial charge in [0.05, 0.1) is 13.2 Å². The number of hydrogen-bond donors (Lipinski definition) is 2. The van der Waals surface area contributed by atoms with Gasteiger partial charge in [-0.25, -0.2) is 17.9 Å². The smallest absolute Gasteiger partial charge is 0.341 e. The molecule has 0 saturated heterocycles. The second-order valence-electron chi connectivity index (χ2n) is 6.49. The van der Waals surface area contributed by atoms with E-state index in [0.29, 0.717) is 17.1 Å². The summed E-state index contributed by atoms with van der Waals surface area (Å²) in [5.41, 5.74) is 2.30. The van der Waals surface area contributed by atoms with E-state index in [0.717, 1.165) is 10.0 Å². The molecule has 0 unspecified atom stereocenters. The molecule has 0 atom stereocenters. The first kappa shape index (κ1) is 23.1. The number of hydrogen-bond acceptors (Lipinski definition) is 5. The molecule has 2 aromatic rings. The maximum Gasteiger partial charge on any atom is 0.341 e. The molecule has 8 nitrogen and oxygen atoms in total. The summed E-state index contributed by atoms with van der Waals surface area (Å²) in [5.74, 6) is -1.25. The quantitative estimate of drug-likeness (QED) is 0.586. The first-order valence-electron chi connectivity index (χ1n) is 8.88. The summed E-state index contributed by atoms with van der Waals surface area (Å²) in [5, 5.41) is 2.64. The van der Waals surface area contributed by atoms with E-state index in [4.69, 9.17) is 4.74 Å². The van der Waals surface area contributed by atoms with Crippen LogP contribution < -0.4 is 10.0 Å². The summed E-state index contributed by atoms with van der Waals surface area (Å²) in [7, 11) is -2.47. The minimum atomic E-state index is -4.13. The molecule has 2 rings (SSSR count). The fraction of sp³-hybridized carbons (Fsp3) is 0.368. The molecule has 2 N–H and O–H groups in total. The molecule has 0 aliphatic heterocycles. The van der Waals surface area contributed by atoms with E-state index in [2.05, 4.69) is 26.0 Å². The van der Waals surface area contributed by atoms with Crippen LogP contribution in [-0.2, 0) is 26.6 Å². The lowest BCUT2D eigenvalue weighted by Crippen LogP contribution is -2.34. The van der Waals surface area contributed by atoms with Gasteiger partial charge in [0.25, 0.3) is 0 Å². The van der Waals surface area contributed by atoms with E-state index in [1.807, 2.05) is 6.92 Å². The molecular formula is C19H24BrN3O5S. The predicted molar refractivity (Wildman–Crippen MR) is 114 cm³/mol. The van der Waals surface area contributed by atoms with Gasteiger partial charge in [0.2, 0.25) is 15.9 Å². The van der Waals surface area contributed by atoms with Crippen LogP contribution in [0.2, 0.25) is 0 Å². The van der Waals surface area contributed by atoms with E-state index >= 15 is 0 Å². The highest BCUT2D eigenvalue weighted by Crippen LogP contribution is 2.27. The molecule has 1 aromatic carbocycles. The van der Waals surface area contributed by atoms with Gasteiger partial charge in [0.15, 0.2) is 0 Å². The van der Waals surface area contributed by atoms with Crippen LogP contribution in [0.4, 0.5) is 5.69 Å². The Morgan fingerprint density at radius 2 is 1.83 bits per heavy atom. The third-order valence-corrected chi connectivity index (χ3v) is 6.99. The molecule has 0 saturated carbocycles. The molecule has 10 heteroatoms. The predicted octanol–water partition coefficient (Wildman–Crippen LogP) is 2.81. The van der Waals surface area contributed by atoms with Crippen LogP contribution in [0.15, 0.2) is 27.6 Å². The fourth-order valence-corrected chi connectivity index (χ4v) is 4.59. The highest BCUT2D eigenvalue weighted by atomic mass is 79.9. The molecule has 0 bridgehead atoms. The van der Waals surface area contributed by atoms with Crippen molar-refractivity contribution in [2.24, 2.45) is 7.05 Å². The van der Waals surface area contributed by atoms with Gasteiger partial charge in [-0.1, -0.05) is 15.9 Å². The van der Waals surface area contributed by atoms with Crippen LogP contribution in [0.1, 0.15) is 34.2 Å². The van der Waals surface area contributed by atoms with Crippen molar-refractivity contribution in [3.8, 4) is 0 Å². The number of nitrogens with one attached hydrogen (secondary N) is 2. The maximum atomic E-state index is 12.9. The first-order valence-corrected chi connectivity index (χ1v) is 11.2. The molecule has 158 valence electrons. The number of esters is 1. The van der Waals surface area contributed by atoms with Gasteiger partial charge < -0.3 is 14.6 Å². The van der Waals surface area contributed by atoms with E-state index in [1.165, 1.54) is 0 Å². The van der Waals surface area contributed by atoms with Crippen LogP contribution in [0, 0.1) is 20.8 Å². The van der Waals surface area contributed by atoms with Gasteiger partial charge in [-0.3, -0.25) is 4.79 Å². The largest absolute Gasteiger partial charge is 0.462 e. The number of ether oxygens (including phenoxy) is 1. The molecule has 0 spiro atoms. The van der Waals surface area contributed by atoms with Gasteiger partial charge in [0, 0.05) is 28.6 Å². The zero-order valence-corrected chi connectivity index (χ0v) is 19.3. The molecule has 1 amide bonds. The zero-order chi connectivity index (χ0) is 21.9. The lowest BCUT2D eigenvalue weighted by molar-refractivity contribution is -0.115. The third kappa shape index (κ3) is 5.06. The molecule has 29 heavy (non-hydrogen) atoms. The number of halogens is 1. The molecule has 1 aromatic heterocycles. The standard InChI is InChI=1S/C19H24BrN3O5S/c1-6-28-19(25)17-12(3)23(5)13(4)18(17)29(26,27)21-10-16(24)22-14-7-8-15(20)11(2)9-14/h7-9,21H,6,10H2,1-5H3,(H,22,24). The number of anilines is 1. The van der Waals surface area contributed by atoms with E-state index in [9.17, 15) is 18.0 Å². The lowest BCUT2D eigenvalue weighted by atomic mass is 10.2. The summed E-state index contributed by atoms with van der Waals surface area (Å²) in [6.45, 7) is 6.39. The Balaban J connectivity index is 2.23. The van der Waals surface area contributed by atoms with Crippen molar-refractivity contribution in [1.29, 1.82) is 0 Å². The number of benzene rings is 1. The molecule has 0 aliphatic carbocycles. The fourth-order valence-electron chi connectivity index (χ4n) is 2.85. The summed E-state index contributed by atoms with van der Waals surface area (Å²) in [4.78, 5) is 24.4. The third-order valence-electron chi connectivity index (χ3n) is 4.54. The van der Waals surface area contributed by atoms with E-state index in [-0.39, 0.29) is 17.1 Å². The van der Waals surface area contributed by atoms with Crippen molar-refractivity contribution in [3.05, 3.63) is 45.2 Å². The molecular weight excluding hydrogens is 462 g/mol. The van der Waals surface area contributed by atoms with Crippen molar-refractivity contribution in [3.63, 3.8) is 0 Å². The topological polar surface area (TPSA) is 106 Å². The number of sulfonamides is 1. The highest BCUT2D eigenvalue weighted by Gasteiger charge is 2.31. The normalized spacial score (nSPS) is 11.4. The van der Waals surface area contributed by atoms with Crippen LogP contribution in [0.5, 0.6) is 0 Å². The molecule has 0 fully saturated rings. The Hall–Kier alpha value is -2.17. The van der Waals surface area contributed by atoms with Crippen molar-refractivity contribution < 1.29 is 22.7 Å². The van der Waals surface area contributed by atoms with Crippen molar-refractivity contribution in [1.82, 2.24) is 9.29 Å². The summed E-state index contributed by atoms with van der Waals surface area (Å²) < 4.78 is 35.6. The number of carbonyl (C=O) groups excluding carboxylic acids is 2. The molecule has 1 heterocycles. The van der Waals surface area contributed by atoms with E-state index in [1.54, 1.807) is 50.6 Å². The van der Waals surface area contributed by atoms with Crippen molar-refractivity contribution in [2.75, 3.05) is 18.5 Å². The van der Waals surface area contributed by atoms with Gasteiger partial charge in [-0.2, -0.15) is 0 Å². The molecule has 0 radical (unpaired) electrons. The Labute approximate surface area is 178 Å². The Bertz CT molecular complexity index is 1060. The highest BCUT2D eigenvalue weighted by molar-refractivity contribution is 9.10. The monoisotopic (exact) mass is 485 g/mol. The second-order valence-corrected chi connectivity index (χ2v) is 9.05. The average Bonchev–Trinajstić information content (AvgIpc) is 2.88. The number of amides is 1. The van der Waals surface area contributed by atoms with Gasteiger partial charge in [0.1, 0.15) is 10.5 Å². The van der Waals surface area contributed by atoms with Crippen LogP contribution >= 0.6 is 15.9 Å². The maximum absolute atomic E-state index is 12.9. The van der Waals surface area contributed by atoms with Gasteiger partial charge >= 0.3 is 5.97 Å². The van der Waals surface area contributed by atoms with Crippen molar-refractivity contribution in [2.45, 2.75) is 32.6 Å². The van der Waals surface area contributed by atoms with Gasteiger partial charge in [-0.15, -0.1) is 0 Å².